The average molecular weight is 224 g/mol. The molecule has 1 unspecified atom stereocenters. The summed E-state index contributed by atoms with van der Waals surface area (Å²) in [7, 11) is 1.71. The molecule has 1 heterocycles. The van der Waals surface area contributed by atoms with Crippen molar-refractivity contribution in [1.82, 2.24) is 4.98 Å². The molecule has 4 nitrogen and oxygen atoms in total. The molecule has 0 bridgehead atoms. The highest BCUT2D eigenvalue weighted by atomic mass is 16.5. The van der Waals surface area contributed by atoms with Crippen molar-refractivity contribution in [3.8, 4) is 5.88 Å². The van der Waals surface area contributed by atoms with E-state index in [1.807, 2.05) is 25.1 Å². The third-order valence-electron chi connectivity index (χ3n) is 2.10. The number of pyridine rings is 1. The molecule has 0 amide bonds. The molecular formula is C12H20N2O2. The van der Waals surface area contributed by atoms with Gasteiger partial charge in [-0.25, -0.2) is 0 Å². The van der Waals surface area contributed by atoms with Crippen LogP contribution in [0.3, 0.4) is 0 Å². The van der Waals surface area contributed by atoms with Gasteiger partial charge in [0.05, 0.1) is 13.2 Å². The van der Waals surface area contributed by atoms with E-state index in [2.05, 4.69) is 17.2 Å². The number of rotatable bonds is 7. The number of anilines is 1. The van der Waals surface area contributed by atoms with E-state index in [1.54, 1.807) is 7.11 Å². The van der Waals surface area contributed by atoms with Gasteiger partial charge in [0.2, 0.25) is 5.88 Å². The minimum Gasteiger partial charge on any atom is -0.478 e. The Labute approximate surface area is 97.0 Å². The predicted octanol–water partition coefficient (Wildman–Crippen LogP) is 2.17. The van der Waals surface area contributed by atoms with E-state index in [4.69, 9.17) is 9.47 Å². The minimum absolute atomic E-state index is 0.461. The average Bonchev–Trinajstić information content (AvgIpc) is 2.28. The summed E-state index contributed by atoms with van der Waals surface area (Å²) in [6.45, 7) is 6.30. The van der Waals surface area contributed by atoms with Crippen molar-refractivity contribution < 1.29 is 9.47 Å². The van der Waals surface area contributed by atoms with Crippen LogP contribution >= 0.6 is 0 Å². The first-order valence-corrected chi connectivity index (χ1v) is 5.59. The Morgan fingerprint density at radius 3 is 2.94 bits per heavy atom. The second-order valence-corrected chi connectivity index (χ2v) is 3.74. The first kappa shape index (κ1) is 12.8. The van der Waals surface area contributed by atoms with E-state index >= 15 is 0 Å². The monoisotopic (exact) mass is 224 g/mol. The summed E-state index contributed by atoms with van der Waals surface area (Å²) in [6.07, 6.45) is 0. The smallest absolute Gasteiger partial charge is 0.215 e. The molecule has 0 aliphatic rings. The molecule has 0 spiro atoms. The molecule has 0 aliphatic carbocycles. The van der Waals surface area contributed by atoms with Crippen LogP contribution in [0.25, 0.3) is 0 Å². The summed E-state index contributed by atoms with van der Waals surface area (Å²) in [5, 5.41) is 3.26. The van der Waals surface area contributed by atoms with Crippen LogP contribution in [0, 0.1) is 5.92 Å². The molecule has 0 saturated heterocycles. The number of ether oxygens (including phenoxy) is 2. The molecule has 0 radical (unpaired) electrons. The van der Waals surface area contributed by atoms with Crippen molar-refractivity contribution in [3.63, 3.8) is 0 Å². The third-order valence-corrected chi connectivity index (χ3v) is 2.10. The SMILES string of the molecule is CCOc1cccc(NCC(C)COC)n1. The van der Waals surface area contributed by atoms with Crippen LogP contribution in [0.1, 0.15) is 13.8 Å². The summed E-state index contributed by atoms with van der Waals surface area (Å²) in [6, 6.07) is 5.72. The molecule has 0 aliphatic heterocycles. The summed E-state index contributed by atoms with van der Waals surface area (Å²) >= 11 is 0. The van der Waals surface area contributed by atoms with Gasteiger partial charge in [-0.2, -0.15) is 4.98 Å². The minimum atomic E-state index is 0.461. The van der Waals surface area contributed by atoms with Crippen LogP contribution in [0.2, 0.25) is 0 Å². The normalized spacial score (nSPS) is 12.2. The molecule has 1 rings (SSSR count). The van der Waals surface area contributed by atoms with E-state index in [1.165, 1.54) is 0 Å². The lowest BCUT2D eigenvalue weighted by atomic mass is 10.2. The van der Waals surface area contributed by atoms with Gasteiger partial charge < -0.3 is 14.8 Å². The maximum absolute atomic E-state index is 5.33. The Morgan fingerprint density at radius 1 is 1.44 bits per heavy atom. The number of methoxy groups -OCH3 is 1. The second-order valence-electron chi connectivity index (χ2n) is 3.74. The van der Waals surface area contributed by atoms with E-state index in [-0.39, 0.29) is 0 Å². The molecule has 0 saturated carbocycles. The fourth-order valence-corrected chi connectivity index (χ4v) is 1.36. The van der Waals surface area contributed by atoms with Gasteiger partial charge >= 0.3 is 0 Å². The topological polar surface area (TPSA) is 43.4 Å². The molecule has 16 heavy (non-hydrogen) atoms. The molecular weight excluding hydrogens is 204 g/mol. The van der Waals surface area contributed by atoms with Crippen LogP contribution in [0.4, 0.5) is 5.82 Å². The zero-order valence-corrected chi connectivity index (χ0v) is 10.2. The molecule has 1 atom stereocenters. The molecule has 0 aromatic carbocycles. The van der Waals surface area contributed by atoms with Gasteiger partial charge in [0, 0.05) is 19.7 Å². The maximum atomic E-state index is 5.33. The number of hydrogen-bond acceptors (Lipinski definition) is 4. The van der Waals surface area contributed by atoms with Crippen LogP contribution < -0.4 is 10.1 Å². The van der Waals surface area contributed by atoms with Crippen molar-refractivity contribution in [3.05, 3.63) is 18.2 Å². The van der Waals surface area contributed by atoms with Gasteiger partial charge in [-0.05, 0) is 18.9 Å². The molecule has 1 aromatic rings. The second kappa shape index (κ2) is 7.06. The number of nitrogens with one attached hydrogen (secondary N) is 1. The third kappa shape index (κ3) is 4.49. The molecule has 0 fully saturated rings. The summed E-state index contributed by atoms with van der Waals surface area (Å²) in [5.41, 5.74) is 0. The van der Waals surface area contributed by atoms with Crippen LogP contribution in [-0.2, 0) is 4.74 Å². The van der Waals surface area contributed by atoms with E-state index in [9.17, 15) is 0 Å². The van der Waals surface area contributed by atoms with Crippen molar-refractivity contribution in [2.75, 3.05) is 32.2 Å². The quantitative estimate of drug-likeness (QED) is 0.771. The molecule has 1 aromatic heterocycles. The Balaban J connectivity index is 2.44. The van der Waals surface area contributed by atoms with Crippen LogP contribution in [0.15, 0.2) is 18.2 Å². The van der Waals surface area contributed by atoms with Crippen LogP contribution in [-0.4, -0.2) is 31.9 Å². The fourth-order valence-electron chi connectivity index (χ4n) is 1.36. The first-order chi connectivity index (χ1) is 7.76. The molecule has 4 heteroatoms. The maximum Gasteiger partial charge on any atom is 0.215 e. The zero-order chi connectivity index (χ0) is 11.8. The fraction of sp³-hybridized carbons (Fsp3) is 0.583. The summed E-state index contributed by atoms with van der Waals surface area (Å²) in [5.74, 6) is 1.96. The van der Waals surface area contributed by atoms with Crippen LogP contribution in [0.5, 0.6) is 5.88 Å². The van der Waals surface area contributed by atoms with E-state index in [0.717, 1.165) is 19.0 Å². The largest absolute Gasteiger partial charge is 0.478 e. The first-order valence-electron chi connectivity index (χ1n) is 5.59. The number of nitrogens with zero attached hydrogens (tertiary/aromatic N) is 1. The van der Waals surface area contributed by atoms with Gasteiger partial charge in [0.25, 0.3) is 0 Å². The van der Waals surface area contributed by atoms with Crippen molar-refractivity contribution in [2.45, 2.75) is 13.8 Å². The predicted molar refractivity (Wildman–Crippen MR) is 64.9 cm³/mol. The zero-order valence-electron chi connectivity index (χ0n) is 10.2. The highest BCUT2D eigenvalue weighted by molar-refractivity contribution is 5.36. The van der Waals surface area contributed by atoms with Gasteiger partial charge in [0.15, 0.2) is 0 Å². The van der Waals surface area contributed by atoms with Gasteiger partial charge in [-0.1, -0.05) is 13.0 Å². The lowest BCUT2D eigenvalue weighted by Crippen LogP contribution is -2.16. The van der Waals surface area contributed by atoms with Crippen molar-refractivity contribution in [2.24, 2.45) is 5.92 Å². The highest BCUT2D eigenvalue weighted by Crippen LogP contribution is 2.11. The lowest BCUT2D eigenvalue weighted by Gasteiger charge is -2.12. The Bertz CT molecular complexity index is 305. The number of aromatic nitrogens is 1. The summed E-state index contributed by atoms with van der Waals surface area (Å²) in [4.78, 5) is 4.32. The Kier molecular flexibility index (Phi) is 5.64. The van der Waals surface area contributed by atoms with Gasteiger partial charge in [0.1, 0.15) is 5.82 Å². The Morgan fingerprint density at radius 2 is 2.25 bits per heavy atom. The standard InChI is InChI=1S/C12H20N2O2/c1-4-16-12-7-5-6-11(14-12)13-8-10(2)9-15-3/h5-7,10H,4,8-9H2,1-3H3,(H,13,14). The van der Waals surface area contributed by atoms with E-state index in [0.29, 0.717) is 18.4 Å². The molecule has 1 N–H and O–H groups in total. The summed E-state index contributed by atoms with van der Waals surface area (Å²) < 4.78 is 10.4. The van der Waals surface area contributed by atoms with Crippen molar-refractivity contribution in [1.29, 1.82) is 0 Å². The van der Waals surface area contributed by atoms with E-state index < -0.39 is 0 Å². The number of hydrogen-bond donors (Lipinski definition) is 1. The van der Waals surface area contributed by atoms with Crippen molar-refractivity contribution >= 4 is 5.82 Å². The van der Waals surface area contributed by atoms with Gasteiger partial charge in [-0.15, -0.1) is 0 Å². The van der Waals surface area contributed by atoms with Gasteiger partial charge in [-0.3, -0.25) is 0 Å². The molecule has 90 valence electrons. The lowest BCUT2D eigenvalue weighted by molar-refractivity contribution is 0.164. The highest BCUT2D eigenvalue weighted by Gasteiger charge is 2.02. The Hall–Kier alpha value is -1.29.